The monoisotopic (exact) mass is 410 g/mol. The van der Waals surface area contributed by atoms with Gasteiger partial charge in [0, 0.05) is 11.8 Å². The lowest BCUT2D eigenvalue weighted by Crippen LogP contribution is -2.31. The first-order chi connectivity index (χ1) is 13.1. The van der Waals surface area contributed by atoms with E-state index >= 15 is 0 Å². The molecule has 0 atom stereocenters. The summed E-state index contributed by atoms with van der Waals surface area (Å²) in [6.45, 7) is 3.65. The number of benzene rings is 2. The topological polar surface area (TPSA) is 58.5 Å². The summed E-state index contributed by atoms with van der Waals surface area (Å²) in [7, 11) is -3.76. The molecule has 0 amide bonds. The molecule has 0 heterocycles. The Labute approximate surface area is 162 Å². The molecule has 0 spiro atoms. The zero-order valence-electron chi connectivity index (χ0n) is 15.6. The van der Waals surface area contributed by atoms with Crippen molar-refractivity contribution in [1.29, 1.82) is 0 Å². The molecular formula is C20H21F3N2O2S. The molecule has 4 nitrogen and oxygen atoms in total. The molecule has 1 aliphatic carbocycles. The average molecular weight is 410 g/mol. The zero-order valence-corrected chi connectivity index (χ0v) is 16.4. The summed E-state index contributed by atoms with van der Waals surface area (Å²) in [6.07, 6.45) is 1.73. The first-order valence-corrected chi connectivity index (χ1v) is 10.4. The summed E-state index contributed by atoms with van der Waals surface area (Å²) >= 11 is 0. The SMILES string of the molecule is Cc1ccc(S(=O)(=O)NN=C2CCC(C)(c3cc(F)c(F)cc3F)CC2)cc1. The standard InChI is InChI=1S/C20H21F3N2O2S/c1-13-3-5-15(6-4-13)28(26,27)25-24-14-7-9-20(2,10-8-14)16-11-18(22)19(23)12-17(16)21/h3-6,11-12,25H,7-10H2,1-2H3. The van der Waals surface area contributed by atoms with Crippen LogP contribution in [0, 0.1) is 24.4 Å². The van der Waals surface area contributed by atoms with Gasteiger partial charge >= 0.3 is 0 Å². The van der Waals surface area contributed by atoms with Crippen molar-refractivity contribution in [2.75, 3.05) is 0 Å². The Bertz CT molecular complexity index is 1010. The Kier molecular flexibility index (Phi) is 5.52. The molecule has 150 valence electrons. The number of nitrogens with one attached hydrogen (secondary N) is 1. The van der Waals surface area contributed by atoms with Gasteiger partial charge in [-0.15, -0.1) is 0 Å². The van der Waals surface area contributed by atoms with E-state index in [1.54, 1.807) is 19.1 Å². The van der Waals surface area contributed by atoms with E-state index in [0.717, 1.165) is 11.6 Å². The van der Waals surface area contributed by atoms with Crippen molar-refractivity contribution in [1.82, 2.24) is 4.83 Å². The quantitative estimate of drug-likeness (QED) is 0.593. The van der Waals surface area contributed by atoms with E-state index in [1.165, 1.54) is 12.1 Å². The van der Waals surface area contributed by atoms with Crippen LogP contribution in [0.2, 0.25) is 0 Å². The molecule has 1 fully saturated rings. The van der Waals surface area contributed by atoms with Crippen LogP contribution in [-0.2, 0) is 15.4 Å². The number of hydrogen-bond acceptors (Lipinski definition) is 3. The highest BCUT2D eigenvalue weighted by Gasteiger charge is 2.34. The van der Waals surface area contributed by atoms with Gasteiger partial charge in [0.15, 0.2) is 11.6 Å². The summed E-state index contributed by atoms with van der Waals surface area (Å²) in [5.41, 5.74) is 1.04. The van der Waals surface area contributed by atoms with E-state index in [1.807, 2.05) is 6.92 Å². The lowest BCUT2D eigenvalue weighted by atomic mass is 9.70. The zero-order chi connectivity index (χ0) is 20.5. The predicted molar refractivity (Wildman–Crippen MR) is 101 cm³/mol. The second kappa shape index (κ2) is 7.58. The third kappa shape index (κ3) is 4.22. The van der Waals surface area contributed by atoms with Crippen LogP contribution in [0.5, 0.6) is 0 Å². The molecule has 1 N–H and O–H groups in total. The van der Waals surface area contributed by atoms with Crippen molar-refractivity contribution in [3.8, 4) is 0 Å². The molecule has 0 saturated heterocycles. The summed E-state index contributed by atoms with van der Waals surface area (Å²) in [6, 6.07) is 7.87. The minimum Gasteiger partial charge on any atom is -0.207 e. The van der Waals surface area contributed by atoms with Crippen molar-refractivity contribution in [3.05, 3.63) is 65.0 Å². The van der Waals surface area contributed by atoms with Gasteiger partial charge in [0.25, 0.3) is 10.0 Å². The highest BCUT2D eigenvalue weighted by Crippen LogP contribution is 2.39. The van der Waals surface area contributed by atoms with Crippen molar-refractivity contribution in [2.24, 2.45) is 5.10 Å². The lowest BCUT2D eigenvalue weighted by Gasteiger charge is -2.35. The summed E-state index contributed by atoms with van der Waals surface area (Å²) in [5, 5.41) is 4.02. The third-order valence-electron chi connectivity index (χ3n) is 5.25. The minimum atomic E-state index is -3.76. The number of hydrogen-bond donors (Lipinski definition) is 1. The molecular weight excluding hydrogens is 389 g/mol. The van der Waals surface area contributed by atoms with E-state index in [2.05, 4.69) is 9.93 Å². The van der Waals surface area contributed by atoms with Gasteiger partial charge in [-0.3, -0.25) is 0 Å². The van der Waals surface area contributed by atoms with Crippen LogP contribution >= 0.6 is 0 Å². The third-order valence-corrected chi connectivity index (χ3v) is 6.47. The molecule has 8 heteroatoms. The van der Waals surface area contributed by atoms with E-state index in [-0.39, 0.29) is 10.5 Å². The van der Waals surface area contributed by atoms with Gasteiger partial charge in [-0.2, -0.15) is 13.5 Å². The lowest BCUT2D eigenvalue weighted by molar-refractivity contribution is 0.368. The van der Waals surface area contributed by atoms with Crippen LogP contribution in [0.1, 0.15) is 43.7 Å². The van der Waals surface area contributed by atoms with Crippen LogP contribution in [-0.4, -0.2) is 14.1 Å². The molecule has 2 aromatic rings. The molecule has 1 saturated carbocycles. The molecule has 0 unspecified atom stereocenters. The number of rotatable bonds is 4. The number of aryl methyl sites for hydroxylation is 1. The van der Waals surface area contributed by atoms with Crippen molar-refractivity contribution >= 4 is 15.7 Å². The Morgan fingerprint density at radius 3 is 2.14 bits per heavy atom. The molecule has 28 heavy (non-hydrogen) atoms. The van der Waals surface area contributed by atoms with E-state index in [4.69, 9.17) is 0 Å². The van der Waals surface area contributed by atoms with E-state index in [0.29, 0.717) is 37.5 Å². The highest BCUT2D eigenvalue weighted by molar-refractivity contribution is 7.89. The first-order valence-electron chi connectivity index (χ1n) is 8.90. The van der Waals surface area contributed by atoms with Crippen LogP contribution < -0.4 is 4.83 Å². The summed E-state index contributed by atoms with van der Waals surface area (Å²) in [4.78, 5) is 2.35. The maximum atomic E-state index is 14.1. The number of hydrazone groups is 1. The smallest absolute Gasteiger partial charge is 0.207 e. The highest BCUT2D eigenvalue weighted by atomic mass is 32.2. The van der Waals surface area contributed by atoms with Crippen LogP contribution in [0.3, 0.4) is 0 Å². The molecule has 0 aliphatic heterocycles. The number of sulfonamides is 1. The fourth-order valence-electron chi connectivity index (χ4n) is 3.35. The minimum absolute atomic E-state index is 0.118. The second-order valence-corrected chi connectivity index (χ2v) is 9.05. The van der Waals surface area contributed by atoms with E-state index in [9.17, 15) is 21.6 Å². The second-order valence-electron chi connectivity index (χ2n) is 7.39. The fourth-order valence-corrected chi connectivity index (χ4v) is 4.20. The van der Waals surface area contributed by atoms with Gasteiger partial charge in [0.2, 0.25) is 0 Å². The molecule has 3 rings (SSSR count). The van der Waals surface area contributed by atoms with Crippen LogP contribution in [0.4, 0.5) is 13.2 Å². The Morgan fingerprint density at radius 1 is 0.964 bits per heavy atom. The van der Waals surface area contributed by atoms with Crippen LogP contribution in [0.15, 0.2) is 46.4 Å². The Hall–Kier alpha value is -2.35. The maximum absolute atomic E-state index is 14.1. The van der Waals surface area contributed by atoms with Crippen LogP contribution in [0.25, 0.3) is 0 Å². The van der Waals surface area contributed by atoms with Gasteiger partial charge in [0.1, 0.15) is 5.82 Å². The Balaban J connectivity index is 1.71. The van der Waals surface area contributed by atoms with Gasteiger partial charge in [-0.05, 0) is 61.8 Å². The van der Waals surface area contributed by atoms with Gasteiger partial charge < -0.3 is 0 Å². The fraction of sp³-hybridized carbons (Fsp3) is 0.350. The largest absolute Gasteiger partial charge is 0.276 e. The van der Waals surface area contributed by atoms with Crippen molar-refractivity contribution in [2.45, 2.75) is 49.8 Å². The van der Waals surface area contributed by atoms with Gasteiger partial charge in [-0.1, -0.05) is 24.6 Å². The molecule has 0 bridgehead atoms. The Morgan fingerprint density at radius 2 is 1.54 bits per heavy atom. The van der Waals surface area contributed by atoms with Crippen molar-refractivity contribution in [3.63, 3.8) is 0 Å². The summed E-state index contributed by atoms with van der Waals surface area (Å²) in [5.74, 6) is -3.07. The molecule has 0 radical (unpaired) electrons. The normalized spacial score (nSPS) is 20.1. The van der Waals surface area contributed by atoms with Crippen molar-refractivity contribution < 1.29 is 21.6 Å². The van der Waals surface area contributed by atoms with Gasteiger partial charge in [-0.25, -0.2) is 18.0 Å². The predicted octanol–water partition coefficient (Wildman–Crippen LogP) is 4.58. The van der Waals surface area contributed by atoms with Gasteiger partial charge in [0.05, 0.1) is 4.90 Å². The molecule has 2 aromatic carbocycles. The molecule has 1 aliphatic rings. The number of halogens is 3. The first kappa shape index (κ1) is 20.4. The molecule has 0 aromatic heterocycles. The maximum Gasteiger partial charge on any atom is 0.276 e. The average Bonchev–Trinajstić information content (AvgIpc) is 2.64. The van der Waals surface area contributed by atoms with E-state index < -0.39 is 32.9 Å². The number of nitrogens with zero attached hydrogens (tertiary/aromatic N) is 1. The summed E-state index contributed by atoms with van der Waals surface area (Å²) < 4.78 is 65.5.